The highest BCUT2D eigenvalue weighted by atomic mass is 16.5. The maximum atomic E-state index is 10.9. The molecule has 5 heteroatoms. The Morgan fingerprint density at radius 2 is 1.78 bits per heavy atom. The van der Waals surface area contributed by atoms with Crippen LogP contribution in [0.25, 0.3) is 0 Å². The van der Waals surface area contributed by atoms with Gasteiger partial charge in [0.2, 0.25) is 0 Å². The van der Waals surface area contributed by atoms with Crippen molar-refractivity contribution in [2.24, 2.45) is 0 Å². The van der Waals surface area contributed by atoms with Crippen LogP contribution in [0, 0.1) is 0 Å². The summed E-state index contributed by atoms with van der Waals surface area (Å²) in [6, 6.07) is 3.88. The fraction of sp³-hybridized carbons (Fsp3) is 0.611. The molecule has 0 saturated heterocycles. The fourth-order valence-corrected chi connectivity index (χ4v) is 2.46. The van der Waals surface area contributed by atoms with Gasteiger partial charge in [0.05, 0.1) is 14.2 Å². The van der Waals surface area contributed by atoms with Gasteiger partial charge >= 0.3 is 0 Å². The molecule has 0 aliphatic heterocycles. The molecular weight excluding hydrogens is 292 g/mol. The van der Waals surface area contributed by atoms with E-state index in [2.05, 4.69) is 24.2 Å². The summed E-state index contributed by atoms with van der Waals surface area (Å²) in [5.41, 5.74) is 2.14. The predicted molar refractivity (Wildman–Crippen MR) is 93.7 cm³/mol. The standard InChI is InChI=1S/C18H30N2O3/c1-5-20(2)11-6-9-19-10-7-15-13-17(22-3)18(23-4)14-16(15)8-12-21/h12-14,19H,5-11H2,1-4H3. The van der Waals surface area contributed by atoms with Crippen molar-refractivity contribution in [3.8, 4) is 11.5 Å². The van der Waals surface area contributed by atoms with Gasteiger partial charge in [-0.15, -0.1) is 0 Å². The Labute approximate surface area is 140 Å². The molecule has 0 aliphatic carbocycles. The van der Waals surface area contributed by atoms with Crippen LogP contribution in [0.1, 0.15) is 24.5 Å². The van der Waals surface area contributed by atoms with E-state index < -0.39 is 0 Å². The summed E-state index contributed by atoms with van der Waals surface area (Å²) in [4.78, 5) is 13.2. The van der Waals surface area contributed by atoms with Crippen molar-refractivity contribution in [3.63, 3.8) is 0 Å². The van der Waals surface area contributed by atoms with Gasteiger partial charge in [0.1, 0.15) is 6.29 Å². The Morgan fingerprint density at radius 3 is 2.35 bits per heavy atom. The molecule has 0 radical (unpaired) electrons. The molecular formula is C18H30N2O3. The van der Waals surface area contributed by atoms with Crippen LogP contribution in [0.3, 0.4) is 0 Å². The van der Waals surface area contributed by atoms with Gasteiger partial charge in [-0.05, 0) is 69.3 Å². The molecule has 23 heavy (non-hydrogen) atoms. The van der Waals surface area contributed by atoms with Crippen LogP contribution in [0.5, 0.6) is 11.5 Å². The first-order valence-electron chi connectivity index (χ1n) is 8.22. The summed E-state index contributed by atoms with van der Waals surface area (Å²) >= 11 is 0. The third-order valence-corrected chi connectivity index (χ3v) is 4.01. The molecule has 1 N–H and O–H groups in total. The molecule has 0 aliphatic rings. The second-order valence-electron chi connectivity index (χ2n) is 5.60. The second kappa shape index (κ2) is 11.0. The zero-order valence-electron chi connectivity index (χ0n) is 14.9. The van der Waals surface area contributed by atoms with E-state index in [0.29, 0.717) is 17.9 Å². The topological polar surface area (TPSA) is 50.8 Å². The van der Waals surface area contributed by atoms with Crippen molar-refractivity contribution in [2.45, 2.75) is 26.2 Å². The van der Waals surface area contributed by atoms with Crippen molar-refractivity contribution in [1.29, 1.82) is 0 Å². The first-order chi connectivity index (χ1) is 11.2. The number of hydrogen-bond acceptors (Lipinski definition) is 5. The van der Waals surface area contributed by atoms with E-state index in [9.17, 15) is 4.79 Å². The van der Waals surface area contributed by atoms with Gasteiger partial charge in [-0.1, -0.05) is 6.92 Å². The Morgan fingerprint density at radius 1 is 1.13 bits per heavy atom. The van der Waals surface area contributed by atoms with Gasteiger partial charge in [-0.2, -0.15) is 0 Å². The van der Waals surface area contributed by atoms with Crippen LogP contribution in [0.2, 0.25) is 0 Å². The van der Waals surface area contributed by atoms with Crippen molar-refractivity contribution in [3.05, 3.63) is 23.3 Å². The summed E-state index contributed by atoms with van der Waals surface area (Å²) in [6.07, 6.45) is 3.33. The van der Waals surface area contributed by atoms with Gasteiger partial charge in [-0.25, -0.2) is 0 Å². The number of nitrogens with zero attached hydrogens (tertiary/aromatic N) is 1. The van der Waals surface area contributed by atoms with Crippen LogP contribution >= 0.6 is 0 Å². The zero-order valence-corrected chi connectivity index (χ0v) is 14.9. The molecule has 0 unspecified atom stereocenters. The van der Waals surface area contributed by atoms with Crippen LogP contribution in [-0.2, 0) is 17.6 Å². The molecule has 0 atom stereocenters. The van der Waals surface area contributed by atoms with Crippen molar-refractivity contribution < 1.29 is 14.3 Å². The van der Waals surface area contributed by atoms with Gasteiger partial charge in [-0.3, -0.25) is 0 Å². The van der Waals surface area contributed by atoms with Gasteiger partial charge in [0.25, 0.3) is 0 Å². The van der Waals surface area contributed by atoms with Gasteiger partial charge in [0.15, 0.2) is 11.5 Å². The molecule has 5 nitrogen and oxygen atoms in total. The summed E-state index contributed by atoms with van der Waals surface area (Å²) in [6.45, 7) is 6.24. The largest absolute Gasteiger partial charge is 0.493 e. The smallest absolute Gasteiger partial charge is 0.161 e. The summed E-state index contributed by atoms with van der Waals surface area (Å²) in [7, 11) is 5.37. The molecule has 0 heterocycles. The van der Waals surface area contributed by atoms with Crippen LogP contribution in [0.15, 0.2) is 12.1 Å². The number of methoxy groups -OCH3 is 2. The van der Waals surface area contributed by atoms with Crippen molar-refractivity contribution in [1.82, 2.24) is 10.2 Å². The molecule has 0 aromatic heterocycles. The number of nitrogens with one attached hydrogen (secondary N) is 1. The lowest BCUT2D eigenvalue weighted by Crippen LogP contribution is -2.25. The monoisotopic (exact) mass is 322 g/mol. The van der Waals surface area contributed by atoms with E-state index in [4.69, 9.17) is 9.47 Å². The van der Waals surface area contributed by atoms with E-state index in [1.165, 1.54) is 0 Å². The first-order valence-corrected chi connectivity index (χ1v) is 8.22. The van der Waals surface area contributed by atoms with Crippen molar-refractivity contribution in [2.75, 3.05) is 47.4 Å². The summed E-state index contributed by atoms with van der Waals surface area (Å²) in [5.74, 6) is 1.38. The van der Waals surface area contributed by atoms with Crippen LogP contribution in [-0.4, -0.2) is 58.6 Å². The Bertz CT molecular complexity index is 478. The highest BCUT2D eigenvalue weighted by Gasteiger charge is 2.10. The SMILES string of the molecule is CCN(C)CCCNCCc1cc(OC)c(OC)cc1CC=O. The molecule has 0 spiro atoms. The quantitative estimate of drug-likeness (QED) is 0.471. The molecule has 130 valence electrons. The predicted octanol–water partition coefficient (Wildman–Crippen LogP) is 1.92. The normalized spacial score (nSPS) is 10.8. The number of rotatable bonds is 12. The third kappa shape index (κ3) is 6.59. The minimum Gasteiger partial charge on any atom is -0.493 e. The third-order valence-electron chi connectivity index (χ3n) is 4.01. The van der Waals surface area contributed by atoms with E-state index >= 15 is 0 Å². The average molecular weight is 322 g/mol. The van der Waals surface area contributed by atoms with E-state index in [1.54, 1.807) is 14.2 Å². The molecule has 0 bridgehead atoms. The fourth-order valence-electron chi connectivity index (χ4n) is 2.46. The first kappa shape index (κ1) is 19.5. The molecule has 1 rings (SSSR count). The van der Waals surface area contributed by atoms with Gasteiger partial charge < -0.3 is 24.5 Å². The van der Waals surface area contributed by atoms with Gasteiger partial charge in [0, 0.05) is 6.42 Å². The lowest BCUT2D eigenvalue weighted by atomic mass is 10.0. The highest BCUT2D eigenvalue weighted by molar-refractivity contribution is 5.59. The Kier molecular flexibility index (Phi) is 9.33. The minimum absolute atomic E-state index is 0.400. The lowest BCUT2D eigenvalue weighted by molar-refractivity contribution is -0.107. The van der Waals surface area contributed by atoms with E-state index in [1.807, 2.05) is 12.1 Å². The molecule has 1 aromatic rings. The molecule has 0 amide bonds. The maximum Gasteiger partial charge on any atom is 0.161 e. The van der Waals surface area contributed by atoms with Crippen molar-refractivity contribution >= 4 is 6.29 Å². The van der Waals surface area contributed by atoms with E-state index in [-0.39, 0.29) is 0 Å². The van der Waals surface area contributed by atoms with Crippen LogP contribution < -0.4 is 14.8 Å². The average Bonchev–Trinajstić information content (AvgIpc) is 2.58. The number of ether oxygens (including phenoxy) is 2. The Hall–Kier alpha value is -1.59. The summed E-state index contributed by atoms with van der Waals surface area (Å²) in [5, 5.41) is 3.46. The van der Waals surface area contributed by atoms with E-state index in [0.717, 1.165) is 56.4 Å². The molecule has 1 aromatic carbocycles. The highest BCUT2D eigenvalue weighted by Crippen LogP contribution is 2.30. The zero-order chi connectivity index (χ0) is 17.1. The summed E-state index contributed by atoms with van der Waals surface area (Å²) < 4.78 is 10.7. The van der Waals surface area contributed by atoms with Crippen LogP contribution in [0.4, 0.5) is 0 Å². The molecule has 0 saturated carbocycles. The Balaban J connectivity index is 2.55. The second-order valence-corrected chi connectivity index (χ2v) is 5.60. The number of benzene rings is 1. The number of aldehydes is 1. The number of hydrogen-bond donors (Lipinski definition) is 1. The minimum atomic E-state index is 0.400. The molecule has 0 fully saturated rings. The maximum absolute atomic E-state index is 10.9. The lowest BCUT2D eigenvalue weighted by Gasteiger charge is -2.15. The number of carbonyl (C=O) groups is 1. The number of carbonyl (C=O) groups excluding carboxylic acids is 1.